The molecule has 0 unspecified atom stereocenters. The van der Waals surface area contributed by atoms with E-state index in [2.05, 4.69) is 10.3 Å². The van der Waals surface area contributed by atoms with Crippen LogP contribution in [0.25, 0.3) is 0 Å². The molecule has 0 saturated heterocycles. The number of hydrogen-bond donors (Lipinski definition) is 2. The van der Waals surface area contributed by atoms with E-state index in [9.17, 15) is 18.4 Å². The highest BCUT2D eigenvalue weighted by molar-refractivity contribution is 6.29. The van der Waals surface area contributed by atoms with E-state index in [0.29, 0.717) is 5.56 Å². The van der Waals surface area contributed by atoms with Gasteiger partial charge in [-0.15, -0.1) is 0 Å². The van der Waals surface area contributed by atoms with Gasteiger partial charge in [-0.1, -0.05) is 17.7 Å². The van der Waals surface area contributed by atoms with Crippen LogP contribution in [0.3, 0.4) is 0 Å². The van der Waals surface area contributed by atoms with Crippen molar-refractivity contribution in [2.45, 2.75) is 6.92 Å². The van der Waals surface area contributed by atoms with Gasteiger partial charge in [0.2, 0.25) is 11.8 Å². The highest BCUT2D eigenvalue weighted by atomic mass is 35.5. The number of anilines is 1. The lowest BCUT2D eigenvalue weighted by Crippen LogP contribution is -2.16. The van der Waals surface area contributed by atoms with E-state index in [-0.39, 0.29) is 28.4 Å². The first-order valence-corrected chi connectivity index (χ1v) is 8.63. The van der Waals surface area contributed by atoms with Gasteiger partial charge >= 0.3 is 0 Å². The van der Waals surface area contributed by atoms with Crippen LogP contribution in [0.15, 0.2) is 48.5 Å². The Labute approximate surface area is 169 Å². The number of hydrogen-bond acceptors (Lipinski definition) is 4. The monoisotopic (exact) mass is 417 g/mol. The van der Waals surface area contributed by atoms with Crippen LogP contribution in [0.4, 0.5) is 14.5 Å². The highest BCUT2D eigenvalue weighted by Gasteiger charge is 2.20. The average molecular weight is 418 g/mol. The number of carbonyl (C=O) groups excluding carboxylic acids is 2. The van der Waals surface area contributed by atoms with Crippen molar-refractivity contribution >= 4 is 29.1 Å². The largest absolute Gasteiger partial charge is 0.438 e. The normalized spacial score (nSPS) is 10.5. The van der Waals surface area contributed by atoms with Gasteiger partial charge in [0.25, 0.3) is 5.91 Å². The molecule has 3 N–H and O–H groups in total. The molecule has 0 spiro atoms. The average Bonchev–Trinajstić information content (AvgIpc) is 2.66. The van der Waals surface area contributed by atoms with E-state index in [0.717, 1.165) is 6.07 Å². The number of primary amides is 1. The molecule has 29 heavy (non-hydrogen) atoms. The number of benzene rings is 2. The van der Waals surface area contributed by atoms with Gasteiger partial charge in [-0.3, -0.25) is 9.59 Å². The van der Waals surface area contributed by atoms with Gasteiger partial charge < -0.3 is 15.8 Å². The lowest BCUT2D eigenvalue weighted by atomic mass is 10.1. The molecule has 1 aromatic heterocycles. The van der Waals surface area contributed by atoms with Crippen molar-refractivity contribution in [3.8, 4) is 11.6 Å². The van der Waals surface area contributed by atoms with Crippen molar-refractivity contribution in [3.63, 3.8) is 0 Å². The fraction of sp³-hybridized carbons (Fsp3) is 0.0500. The van der Waals surface area contributed by atoms with Crippen LogP contribution >= 0.6 is 11.6 Å². The number of nitrogens with zero attached hydrogens (tertiary/aromatic N) is 1. The molecule has 2 amide bonds. The minimum Gasteiger partial charge on any atom is -0.438 e. The van der Waals surface area contributed by atoms with Crippen molar-refractivity contribution in [2.24, 2.45) is 5.73 Å². The van der Waals surface area contributed by atoms with Gasteiger partial charge in [-0.25, -0.2) is 8.78 Å². The van der Waals surface area contributed by atoms with Crippen LogP contribution < -0.4 is 15.8 Å². The second kappa shape index (κ2) is 8.24. The van der Waals surface area contributed by atoms with E-state index in [4.69, 9.17) is 22.1 Å². The van der Waals surface area contributed by atoms with E-state index >= 15 is 0 Å². The molecule has 0 bridgehead atoms. The summed E-state index contributed by atoms with van der Waals surface area (Å²) in [5, 5.41) is 2.02. The van der Waals surface area contributed by atoms with Crippen LogP contribution in [0.2, 0.25) is 5.15 Å². The summed E-state index contributed by atoms with van der Waals surface area (Å²) in [7, 11) is 0. The highest BCUT2D eigenvalue weighted by Crippen LogP contribution is 2.30. The molecule has 6 nitrogen and oxygen atoms in total. The molecule has 0 atom stereocenters. The molecule has 0 saturated carbocycles. The van der Waals surface area contributed by atoms with Crippen molar-refractivity contribution in [2.75, 3.05) is 5.32 Å². The maximum absolute atomic E-state index is 14.0. The summed E-state index contributed by atoms with van der Waals surface area (Å²) in [6.07, 6.45) is 0. The van der Waals surface area contributed by atoms with Gasteiger partial charge in [0.1, 0.15) is 17.1 Å². The Bertz CT molecular complexity index is 1120. The van der Waals surface area contributed by atoms with Gasteiger partial charge in [0, 0.05) is 11.3 Å². The number of ether oxygens (including phenoxy) is 1. The summed E-state index contributed by atoms with van der Waals surface area (Å²) < 4.78 is 32.9. The number of aromatic nitrogens is 1. The van der Waals surface area contributed by atoms with Crippen molar-refractivity contribution in [1.82, 2.24) is 4.98 Å². The van der Waals surface area contributed by atoms with Gasteiger partial charge in [-0.2, -0.15) is 4.98 Å². The Morgan fingerprint density at radius 3 is 2.59 bits per heavy atom. The first kappa shape index (κ1) is 20.2. The molecule has 3 rings (SSSR count). The molecule has 0 aliphatic heterocycles. The van der Waals surface area contributed by atoms with Crippen LogP contribution in [-0.4, -0.2) is 16.8 Å². The number of rotatable bonds is 5. The summed E-state index contributed by atoms with van der Waals surface area (Å²) in [4.78, 5) is 27.8. The van der Waals surface area contributed by atoms with Crippen molar-refractivity contribution in [3.05, 3.63) is 82.0 Å². The van der Waals surface area contributed by atoms with Crippen LogP contribution in [0.5, 0.6) is 11.6 Å². The Balaban J connectivity index is 1.95. The zero-order chi connectivity index (χ0) is 21.1. The molecule has 0 aliphatic carbocycles. The van der Waals surface area contributed by atoms with Crippen molar-refractivity contribution in [1.29, 1.82) is 0 Å². The third-order valence-electron chi connectivity index (χ3n) is 3.89. The molecular formula is C20H14ClF2N3O3. The maximum atomic E-state index is 14.0. The Hall–Kier alpha value is -3.52. The van der Waals surface area contributed by atoms with Crippen LogP contribution in [0.1, 0.15) is 26.3 Å². The Morgan fingerprint density at radius 1 is 1.14 bits per heavy atom. The number of carbonyl (C=O) groups is 2. The predicted octanol–water partition coefficient (Wildman–Crippen LogP) is 4.47. The smallest absolute Gasteiger partial charge is 0.261 e. The van der Waals surface area contributed by atoms with E-state index in [1.807, 2.05) is 0 Å². The topological polar surface area (TPSA) is 94.3 Å². The van der Waals surface area contributed by atoms with Crippen LogP contribution in [0, 0.1) is 18.6 Å². The second-order valence-corrected chi connectivity index (χ2v) is 6.38. The molecule has 148 valence electrons. The SMILES string of the molecule is Cc1cc(F)ccc1Oc1nc(Cl)c(F)cc1C(=O)Nc1cccc(C(N)=O)c1. The Kier molecular flexibility index (Phi) is 5.74. The lowest BCUT2D eigenvalue weighted by Gasteiger charge is -2.13. The number of nitrogens with two attached hydrogens (primary N) is 1. The summed E-state index contributed by atoms with van der Waals surface area (Å²) in [6, 6.07) is 10.5. The minimum absolute atomic E-state index is 0.182. The predicted molar refractivity (Wildman–Crippen MR) is 103 cm³/mol. The quantitative estimate of drug-likeness (QED) is 0.599. The molecule has 1 heterocycles. The third-order valence-corrected chi connectivity index (χ3v) is 4.16. The minimum atomic E-state index is -0.925. The number of amides is 2. The molecule has 0 aliphatic rings. The first-order chi connectivity index (χ1) is 13.7. The number of aryl methyl sites for hydroxylation is 1. The molecule has 2 aromatic carbocycles. The first-order valence-electron chi connectivity index (χ1n) is 8.26. The number of nitrogens with one attached hydrogen (secondary N) is 1. The van der Waals surface area contributed by atoms with E-state index in [1.54, 1.807) is 6.92 Å². The third kappa shape index (κ3) is 4.67. The standard InChI is InChI=1S/C20H14ClF2N3O3/c1-10-7-12(22)5-6-16(10)29-20-14(9-15(23)17(21)26-20)19(28)25-13-4-2-3-11(8-13)18(24)27/h2-9H,1H3,(H2,24,27)(H,25,28). The molecular weight excluding hydrogens is 404 g/mol. The lowest BCUT2D eigenvalue weighted by molar-refractivity contribution is 0.0995. The van der Waals surface area contributed by atoms with E-state index < -0.39 is 28.6 Å². The Morgan fingerprint density at radius 2 is 1.90 bits per heavy atom. The fourth-order valence-electron chi connectivity index (χ4n) is 2.47. The van der Waals surface area contributed by atoms with Gasteiger partial charge in [0.15, 0.2) is 11.0 Å². The maximum Gasteiger partial charge on any atom is 0.261 e. The zero-order valence-electron chi connectivity index (χ0n) is 15.0. The summed E-state index contributed by atoms with van der Waals surface area (Å²) in [6.45, 7) is 1.60. The molecule has 0 fully saturated rings. The van der Waals surface area contributed by atoms with Gasteiger partial charge in [-0.05, 0) is 55.0 Å². The van der Waals surface area contributed by atoms with E-state index in [1.165, 1.54) is 42.5 Å². The number of halogens is 3. The summed E-state index contributed by atoms with van der Waals surface area (Å²) in [5.74, 6) is -2.88. The molecule has 9 heteroatoms. The second-order valence-electron chi connectivity index (χ2n) is 6.02. The molecule has 0 radical (unpaired) electrons. The summed E-state index contributed by atoms with van der Waals surface area (Å²) >= 11 is 5.73. The van der Waals surface area contributed by atoms with Gasteiger partial charge in [0.05, 0.1) is 0 Å². The number of pyridine rings is 1. The molecule has 3 aromatic rings. The zero-order valence-corrected chi connectivity index (χ0v) is 15.8. The summed E-state index contributed by atoms with van der Waals surface area (Å²) in [5.41, 5.74) is 5.85. The fourth-order valence-corrected chi connectivity index (χ4v) is 2.60. The van der Waals surface area contributed by atoms with Crippen molar-refractivity contribution < 1.29 is 23.1 Å². The van der Waals surface area contributed by atoms with Crippen LogP contribution in [-0.2, 0) is 0 Å².